The molecule has 88 valence electrons. The molecule has 16 heavy (non-hydrogen) atoms. The molecule has 0 amide bonds. The second-order valence-electron chi connectivity index (χ2n) is 3.77. The lowest BCUT2D eigenvalue weighted by atomic mass is 10.00. The number of nitrogens with two attached hydrogens (primary N) is 1. The van der Waals surface area contributed by atoms with E-state index in [9.17, 15) is 8.78 Å². The molecule has 0 aromatic heterocycles. The molecule has 1 atom stereocenters. The minimum atomic E-state index is -0.719. The van der Waals surface area contributed by atoms with E-state index in [-0.39, 0.29) is 11.3 Å². The molecule has 0 saturated heterocycles. The molecule has 2 N–H and O–H groups in total. The van der Waals surface area contributed by atoms with Crippen LogP contribution in [-0.4, -0.2) is 7.11 Å². The van der Waals surface area contributed by atoms with Crippen molar-refractivity contribution in [1.82, 2.24) is 0 Å². The van der Waals surface area contributed by atoms with Crippen LogP contribution in [0, 0.1) is 11.6 Å². The molecule has 0 heterocycles. The summed E-state index contributed by atoms with van der Waals surface area (Å²) in [5.74, 6) is -1.24. The van der Waals surface area contributed by atoms with Gasteiger partial charge in [0.15, 0.2) is 0 Å². The van der Waals surface area contributed by atoms with Crippen molar-refractivity contribution in [2.45, 2.75) is 19.4 Å². The molecule has 4 heteroatoms. The second kappa shape index (κ2) is 5.07. The largest absolute Gasteiger partial charge is 0.497 e. The molecule has 0 spiro atoms. The highest BCUT2D eigenvalue weighted by Crippen LogP contribution is 2.27. The highest BCUT2D eigenvalue weighted by atomic mass is 19.1. The van der Waals surface area contributed by atoms with Gasteiger partial charge in [0.1, 0.15) is 17.4 Å². The summed E-state index contributed by atoms with van der Waals surface area (Å²) >= 11 is 0. The van der Waals surface area contributed by atoms with E-state index in [4.69, 9.17) is 10.5 Å². The number of hydrogen-bond acceptors (Lipinski definition) is 2. The van der Waals surface area contributed by atoms with Crippen LogP contribution in [0.2, 0.25) is 0 Å². The first kappa shape index (κ1) is 12.6. The summed E-state index contributed by atoms with van der Waals surface area (Å²) in [7, 11) is 1.35. The normalized spacial score (nSPS) is 12.3. The Hall–Kier alpha value is -1.42. The lowest BCUT2D eigenvalue weighted by Gasteiger charge is -2.14. The molecule has 0 unspecified atom stereocenters. The number of halogens is 2. The van der Waals surface area contributed by atoms with Gasteiger partial charge in [0.25, 0.3) is 0 Å². The van der Waals surface area contributed by atoms with Crippen LogP contribution < -0.4 is 10.5 Å². The van der Waals surface area contributed by atoms with E-state index in [0.29, 0.717) is 6.42 Å². The van der Waals surface area contributed by atoms with Crippen LogP contribution in [-0.2, 0) is 0 Å². The summed E-state index contributed by atoms with van der Waals surface area (Å²) in [6, 6.07) is 1.52. The Balaban J connectivity index is 3.08. The van der Waals surface area contributed by atoms with Gasteiger partial charge in [-0.25, -0.2) is 8.78 Å². The van der Waals surface area contributed by atoms with E-state index in [0.717, 1.165) is 17.7 Å². The van der Waals surface area contributed by atoms with E-state index >= 15 is 0 Å². The van der Waals surface area contributed by atoms with Crippen molar-refractivity contribution in [3.05, 3.63) is 41.5 Å². The van der Waals surface area contributed by atoms with E-state index < -0.39 is 17.7 Å². The predicted molar refractivity (Wildman–Crippen MR) is 59.3 cm³/mol. The molecule has 1 aromatic rings. The van der Waals surface area contributed by atoms with E-state index in [1.54, 1.807) is 6.92 Å². The Labute approximate surface area is 93.7 Å². The van der Waals surface area contributed by atoms with Gasteiger partial charge in [0.05, 0.1) is 7.11 Å². The van der Waals surface area contributed by atoms with Crippen LogP contribution in [0.4, 0.5) is 8.78 Å². The van der Waals surface area contributed by atoms with Crippen molar-refractivity contribution in [2.75, 3.05) is 7.11 Å². The van der Waals surface area contributed by atoms with Crippen molar-refractivity contribution in [3.63, 3.8) is 0 Å². The van der Waals surface area contributed by atoms with Gasteiger partial charge in [0.2, 0.25) is 0 Å². The van der Waals surface area contributed by atoms with Crippen LogP contribution in [0.5, 0.6) is 5.75 Å². The summed E-state index contributed by atoms with van der Waals surface area (Å²) in [6.45, 7) is 5.43. The van der Waals surface area contributed by atoms with E-state index in [2.05, 4.69) is 6.58 Å². The average molecular weight is 227 g/mol. The van der Waals surface area contributed by atoms with Crippen molar-refractivity contribution in [1.29, 1.82) is 0 Å². The minimum absolute atomic E-state index is 0.121. The molecule has 0 radical (unpaired) electrons. The van der Waals surface area contributed by atoms with Crippen molar-refractivity contribution >= 4 is 0 Å². The van der Waals surface area contributed by atoms with Gasteiger partial charge in [0, 0.05) is 23.7 Å². The van der Waals surface area contributed by atoms with Gasteiger partial charge in [-0.3, -0.25) is 0 Å². The third-order valence-electron chi connectivity index (χ3n) is 2.23. The predicted octanol–water partition coefficient (Wildman–Crippen LogP) is 2.94. The Morgan fingerprint density at radius 3 is 2.31 bits per heavy atom. The Bertz CT molecular complexity index is 381. The quantitative estimate of drug-likeness (QED) is 0.802. The molecule has 0 fully saturated rings. The third-order valence-corrected chi connectivity index (χ3v) is 2.23. The summed E-state index contributed by atoms with van der Waals surface area (Å²) in [4.78, 5) is 0. The topological polar surface area (TPSA) is 35.2 Å². The monoisotopic (exact) mass is 227 g/mol. The molecule has 0 aliphatic heterocycles. The van der Waals surface area contributed by atoms with Crippen LogP contribution in [0.3, 0.4) is 0 Å². The zero-order valence-electron chi connectivity index (χ0n) is 9.39. The van der Waals surface area contributed by atoms with Gasteiger partial charge >= 0.3 is 0 Å². The molecule has 0 aliphatic carbocycles. The van der Waals surface area contributed by atoms with Gasteiger partial charge in [-0.2, -0.15) is 0 Å². The highest BCUT2D eigenvalue weighted by molar-refractivity contribution is 5.32. The van der Waals surface area contributed by atoms with E-state index in [1.165, 1.54) is 7.11 Å². The summed E-state index contributed by atoms with van der Waals surface area (Å²) in [6.07, 6.45) is 0.347. The Kier molecular flexibility index (Phi) is 4.01. The van der Waals surface area contributed by atoms with E-state index in [1.807, 2.05) is 0 Å². The van der Waals surface area contributed by atoms with Gasteiger partial charge in [-0.15, -0.1) is 6.58 Å². The van der Waals surface area contributed by atoms with Gasteiger partial charge in [-0.1, -0.05) is 5.57 Å². The maximum atomic E-state index is 13.6. The first-order valence-corrected chi connectivity index (χ1v) is 4.88. The second-order valence-corrected chi connectivity index (χ2v) is 3.77. The number of benzene rings is 1. The van der Waals surface area contributed by atoms with Crippen LogP contribution >= 0.6 is 0 Å². The van der Waals surface area contributed by atoms with Crippen molar-refractivity contribution < 1.29 is 13.5 Å². The lowest BCUT2D eigenvalue weighted by Crippen LogP contribution is -2.14. The Morgan fingerprint density at radius 2 is 1.94 bits per heavy atom. The highest BCUT2D eigenvalue weighted by Gasteiger charge is 2.18. The van der Waals surface area contributed by atoms with Gasteiger partial charge in [-0.05, 0) is 13.3 Å². The molecule has 1 aromatic carbocycles. The fourth-order valence-corrected chi connectivity index (χ4v) is 1.51. The number of ether oxygens (including phenoxy) is 1. The maximum absolute atomic E-state index is 13.6. The minimum Gasteiger partial charge on any atom is -0.497 e. The summed E-state index contributed by atoms with van der Waals surface area (Å²) in [5.41, 5.74) is 6.37. The van der Waals surface area contributed by atoms with Crippen LogP contribution in [0.15, 0.2) is 24.3 Å². The molecule has 1 rings (SSSR count). The molecular formula is C12H15F2NO. The first-order chi connectivity index (χ1) is 7.45. The summed E-state index contributed by atoms with van der Waals surface area (Å²) < 4.78 is 31.9. The molecular weight excluding hydrogens is 212 g/mol. The molecule has 0 saturated carbocycles. The zero-order chi connectivity index (χ0) is 12.3. The first-order valence-electron chi connectivity index (χ1n) is 4.88. The SMILES string of the molecule is C=C(C)C[C@H](N)c1c(F)cc(OC)cc1F. The van der Waals surface area contributed by atoms with Gasteiger partial charge < -0.3 is 10.5 Å². The van der Waals surface area contributed by atoms with Crippen LogP contribution in [0.1, 0.15) is 24.9 Å². The van der Waals surface area contributed by atoms with Crippen LogP contribution in [0.25, 0.3) is 0 Å². The van der Waals surface area contributed by atoms with Crippen molar-refractivity contribution in [3.8, 4) is 5.75 Å². The molecule has 2 nitrogen and oxygen atoms in total. The fourth-order valence-electron chi connectivity index (χ4n) is 1.51. The van der Waals surface area contributed by atoms with Crippen molar-refractivity contribution in [2.24, 2.45) is 5.73 Å². The summed E-state index contributed by atoms with van der Waals surface area (Å²) in [5, 5.41) is 0. The number of methoxy groups -OCH3 is 1. The number of rotatable bonds is 4. The third kappa shape index (κ3) is 2.79. The molecule has 0 bridgehead atoms. The number of hydrogen-bond donors (Lipinski definition) is 1. The maximum Gasteiger partial charge on any atom is 0.134 e. The lowest BCUT2D eigenvalue weighted by molar-refractivity contribution is 0.403. The molecule has 0 aliphatic rings. The zero-order valence-corrected chi connectivity index (χ0v) is 9.39. The standard InChI is InChI=1S/C12H15F2NO/c1-7(2)4-11(15)12-9(13)5-8(16-3)6-10(12)14/h5-6,11H,1,4,15H2,2-3H3/t11-/m0/s1. The smallest absolute Gasteiger partial charge is 0.134 e. The Morgan fingerprint density at radius 1 is 1.44 bits per heavy atom. The average Bonchev–Trinajstić information content (AvgIpc) is 2.15. The fraction of sp³-hybridized carbons (Fsp3) is 0.333.